The summed E-state index contributed by atoms with van der Waals surface area (Å²) in [6.07, 6.45) is 0.282. The largest absolute Gasteiger partial charge is 0.383 e. The average molecular weight is 343 g/mol. The van der Waals surface area contributed by atoms with Crippen LogP contribution in [0.25, 0.3) is 10.9 Å². The molecule has 2 aromatic rings. The van der Waals surface area contributed by atoms with E-state index in [0.29, 0.717) is 26.2 Å². The number of H-pyrrole nitrogens is 1. The first kappa shape index (κ1) is 17.5. The van der Waals surface area contributed by atoms with Gasteiger partial charge in [0.1, 0.15) is 0 Å². The number of carbonyl (C=O) groups excluding carboxylic acids is 2. The van der Waals surface area contributed by atoms with Crippen LogP contribution in [0.2, 0.25) is 0 Å². The van der Waals surface area contributed by atoms with Crippen LogP contribution < -0.4 is 5.32 Å². The van der Waals surface area contributed by atoms with E-state index in [2.05, 4.69) is 30.2 Å². The van der Waals surface area contributed by atoms with Crippen molar-refractivity contribution in [3.05, 3.63) is 35.0 Å². The molecule has 1 aliphatic rings. The lowest BCUT2D eigenvalue weighted by atomic mass is 10.1. The maximum atomic E-state index is 12.4. The number of hydrogen-bond acceptors (Lipinski definition) is 3. The van der Waals surface area contributed by atoms with Crippen molar-refractivity contribution in [1.29, 1.82) is 0 Å². The van der Waals surface area contributed by atoms with Crippen LogP contribution in [0.4, 0.5) is 0 Å². The Hall–Kier alpha value is -2.34. The van der Waals surface area contributed by atoms with Gasteiger partial charge in [0.25, 0.3) is 0 Å². The topological polar surface area (TPSA) is 74.4 Å². The summed E-state index contributed by atoms with van der Waals surface area (Å²) in [6.45, 7) is 6.14. The van der Waals surface area contributed by atoms with Crippen molar-refractivity contribution < 1.29 is 14.3 Å². The number of methoxy groups -OCH3 is 1. The Kier molecular flexibility index (Phi) is 5.08. The number of carbonyl (C=O) groups is 2. The first-order chi connectivity index (χ1) is 12.0. The molecular formula is C19H25N3O3. The van der Waals surface area contributed by atoms with Crippen LogP contribution in [0.3, 0.4) is 0 Å². The summed E-state index contributed by atoms with van der Waals surface area (Å²) < 4.78 is 5.00. The van der Waals surface area contributed by atoms with Gasteiger partial charge < -0.3 is 19.9 Å². The van der Waals surface area contributed by atoms with Gasteiger partial charge in [-0.15, -0.1) is 0 Å². The summed E-state index contributed by atoms with van der Waals surface area (Å²) in [5, 5.41) is 4.16. The number of benzene rings is 1. The molecule has 0 bridgehead atoms. The van der Waals surface area contributed by atoms with Crippen molar-refractivity contribution in [2.75, 3.05) is 26.8 Å². The number of hydrogen-bond donors (Lipinski definition) is 2. The summed E-state index contributed by atoms with van der Waals surface area (Å²) in [4.78, 5) is 29.4. The van der Waals surface area contributed by atoms with E-state index in [1.807, 2.05) is 12.1 Å². The molecule has 2 N–H and O–H groups in total. The first-order valence-corrected chi connectivity index (χ1v) is 8.62. The zero-order valence-corrected chi connectivity index (χ0v) is 15.0. The van der Waals surface area contributed by atoms with E-state index < -0.39 is 0 Å². The fourth-order valence-electron chi connectivity index (χ4n) is 3.32. The minimum absolute atomic E-state index is 0.0250. The Morgan fingerprint density at radius 1 is 1.40 bits per heavy atom. The highest BCUT2D eigenvalue weighted by Crippen LogP contribution is 2.23. The molecule has 0 saturated carbocycles. The number of likely N-dealkylation sites (tertiary alicyclic amines) is 1. The Labute approximate surface area is 147 Å². The van der Waals surface area contributed by atoms with Crippen LogP contribution in [0, 0.1) is 19.8 Å². The summed E-state index contributed by atoms with van der Waals surface area (Å²) >= 11 is 0. The molecule has 0 radical (unpaired) electrons. The van der Waals surface area contributed by atoms with E-state index in [-0.39, 0.29) is 24.2 Å². The van der Waals surface area contributed by atoms with Crippen LogP contribution in [0.1, 0.15) is 23.2 Å². The summed E-state index contributed by atoms with van der Waals surface area (Å²) in [7, 11) is 1.61. The van der Waals surface area contributed by atoms with Gasteiger partial charge in [-0.2, -0.15) is 0 Å². The predicted molar refractivity (Wildman–Crippen MR) is 96.2 cm³/mol. The number of aromatic nitrogens is 1. The van der Waals surface area contributed by atoms with Crippen molar-refractivity contribution >= 4 is 22.7 Å². The SMILES string of the molecule is COCCN1CC(C(=O)NCc2ccc3[nH]c(C)c(C)c3c2)CC1=O. The molecule has 2 heterocycles. The number of nitrogens with zero attached hydrogens (tertiary/aromatic N) is 1. The molecule has 0 aliphatic carbocycles. The molecule has 1 saturated heterocycles. The third kappa shape index (κ3) is 3.69. The monoisotopic (exact) mass is 343 g/mol. The number of nitrogens with one attached hydrogen (secondary N) is 2. The van der Waals surface area contributed by atoms with E-state index >= 15 is 0 Å². The molecule has 1 aliphatic heterocycles. The molecule has 3 rings (SSSR count). The van der Waals surface area contributed by atoms with Crippen molar-refractivity contribution in [1.82, 2.24) is 15.2 Å². The smallest absolute Gasteiger partial charge is 0.225 e. The van der Waals surface area contributed by atoms with Crippen molar-refractivity contribution in [3.8, 4) is 0 Å². The number of aromatic amines is 1. The molecule has 1 atom stereocenters. The molecular weight excluding hydrogens is 318 g/mol. The van der Waals surface area contributed by atoms with Gasteiger partial charge in [0.2, 0.25) is 11.8 Å². The Morgan fingerprint density at radius 2 is 2.20 bits per heavy atom. The second kappa shape index (κ2) is 7.27. The van der Waals surface area contributed by atoms with E-state index in [1.54, 1.807) is 12.0 Å². The molecule has 1 aromatic heterocycles. The molecule has 25 heavy (non-hydrogen) atoms. The van der Waals surface area contributed by atoms with Crippen LogP contribution in [0.5, 0.6) is 0 Å². The highest BCUT2D eigenvalue weighted by molar-refractivity contribution is 5.89. The average Bonchev–Trinajstić information content (AvgIpc) is 3.11. The van der Waals surface area contributed by atoms with E-state index in [0.717, 1.165) is 16.8 Å². The lowest BCUT2D eigenvalue weighted by molar-refractivity contribution is -0.129. The van der Waals surface area contributed by atoms with Crippen LogP contribution in [0.15, 0.2) is 18.2 Å². The zero-order valence-electron chi connectivity index (χ0n) is 15.0. The minimum Gasteiger partial charge on any atom is -0.383 e. The van der Waals surface area contributed by atoms with Gasteiger partial charge in [0.15, 0.2) is 0 Å². The van der Waals surface area contributed by atoms with Crippen molar-refractivity contribution in [2.45, 2.75) is 26.8 Å². The predicted octanol–water partition coefficient (Wildman–Crippen LogP) is 1.90. The Balaban J connectivity index is 1.59. The maximum absolute atomic E-state index is 12.4. The highest BCUT2D eigenvalue weighted by Gasteiger charge is 2.33. The third-order valence-electron chi connectivity index (χ3n) is 4.99. The van der Waals surface area contributed by atoms with Crippen LogP contribution in [-0.4, -0.2) is 48.5 Å². The molecule has 1 unspecified atom stereocenters. The summed E-state index contributed by atoms with van der Waals surface area (Å²) in [5.74, 6) is -0.309. The lowest BCUT2D eigenvalue weighted by Gasteiger charge is -2.15. The number of aryl methyl sites for hydroxylation is 2. The summed E-state index contributed by atoms with van der Waals surface area (Å²) in [5.41, 5.74) is 4.57. The quantitative estimate of drug-likeness (QED) is 0.841. The van der Waals surface area contributed by atoms with Gasteiger partial charge in [0, 0.05) is 49.8 Å². The number of rotatable bonds is 6. The molecule has 6 nitrogen and oxygen atoms in total. The lowest BCUT2D eigenvalue weighted by Crippen LogP contribution is -2.33. The molecule has 6 heteroatoms. The highest BCUT2D eigenvalue weighted by atomic mass is 16.5. The molecule has 134 valence electrons. The molecule has 1 fully saturated rings. The summed E-state index contributed by atoms with van der Waals surface area (Å²) in [6, 6.07) is 6.17. The van der Waals surface area contributed by atoms with Crippen molar-refractivity contribution in [2.24, 2.45) is 5.92 Å². The molecule has 0 spiro atoms. The fourth-order valence-corrected chi connectivity index (χ4v) is 3.32. The van der Waals surface area contributed by atoms with Crippen LogP contribution in [-0.2, 0) is 20.9 Å². The third-order valence-corrected chi connectivity index (χ3v) is 4.99. The first-order valence-electron chi connectivity index (χ1n) is 8.62. The van der Waals surface area contributed by atoms with Gasteiger partial charge in [-0.3, -0.25) is 9.59 Å². The number of ether oxygens (including phenoxy) is 1. The second-order valence-corrected chi connectivity index (χ2v) is 6.71. The Bertz CT molecular complexity index is 797. The van der Waals surface area contributed by atoms with Crippen LogP contribution >= 0.6 is 0 Å². The number of fused-ring (bicyclic) bond motifs is 1. The van der Waals surface area contributed by atoms with E-state index in [4.69, 9.17) is 4.74 Å². The van der Waals surface area contributed by atoms with Gasteiger partial charge in [0.05, 0.1) is 12.5 Å². The van der Waals surface area contributed by atoms with E-state index in [9.17, 15) is 9.59 Å². The minimum atomic E-state index is -0.274. The van der Waals surface area contributed by atoms with Crippen molar-refractivity contribution in [3.63, 3.8) is 0 Å². The molecule has 2 amide bonds. The van der Waals surface area contributed by atoms with Gasteiger partial charge in [-0.1, -0.05) is 6.07 Å². The maximum Gasteiger partial charge on any atom is 0.225 e. The fraction of sp³-hybridized carbons (Fsp3) is 0.474. The standard InChI is InChI=1S/C19H25N3O3/c1-12-13(2)21-17-5-4-14(8-16(12)17)10-20-19(24)15-9-18(23)22(11-15)6-7-25-3/h4-5,8,15,21H,6-7,9-11H2,1-3H3,(H,20,24). The zero-order chi connectivity index (χ0) is 18.0. The normalized spacial score (nSPS) is 17.5. The number of amides is 2. The van der Waals surface area contributed by atoms with Gasteiger partial charge in [-0.05, 0) is 37.1 Å². The Morgan fingerprint density at radius 3 is 2.96 bits per heavy atom. The molecule has 1 aromatic carbocycles. The van der Waals surface area contributed by atoms with E-state index in [1.165, 1.54) is 10.9 Å². The van der Waals surface area contributed by atoms with Gasteiger partial charge in [-0.25, -0.2) is 0 Å². The second-order valence-electron chi connectivity index (χ2n) is 6.71. The van der Waals surface area contributed by atoms with Gasteiger partial charge >= 0.3 is 0 Å².